The third kappa shape index (κ3) is 9.42. The van der Waals surface area contributed by atoms with Gasteiger partial charge < -0.3 is 49.1 Å². The Labute approximate surface area is 363 Å². The first-order chi connectivity index (χ1) is 30.1. The van der Waals surface area contributed by atoms with Gasteiger partial charge in [-0.3, -0.25) is 28.5 Å². The molecule has 4 amide bonds. The van der Waals surface area contributed by atoms with Gasteiger partial charge in [0.1, 0.15) is 34.9 Å². The number of hydrogen-bond donors (Lipinski definition) is 3. The van der Waals surface area contributed by atoms with Gasteiger partial charge in [0.25, 0.3) is 11.8 Å². The molecule has 336 valence electrons. The smallest absolute Gasteiger partial charge is 0.298 e. The number of carbonyl (C=O) groups is 4. The van der Waals surface area contributed by atoms with Gasteiger partial charge in [0.2, 0.25) is 23.1 Å². The van der Waals surface area contributed by atoms with E-state index in [1.165, 1.54) is 6.07 Å². The van der Waals surface area contributed by atoms with Gasteiger partial charge in [-0.2, -0.15) is 20.2 Å². The molecule has 2 aromatic carbocycles. The number of hydrogen-bond acceptors (Lipinski definition) is 10. The number of aromatic nitrogens is 8. The van der Waals surface area contributed by atoms with E-state index in [1.54, 1.807) is 87.4 Å². The number of imidazole rings is 2. The highest BCUT2D eigenvalue weighted by Gasteiger charge is 2.30. The fraction of sp³-hybridized carbons (Fsp3) is 0.442. The second kappa shape index (κ2) is 19.6. The molecular formula is C43H56N12O8. The van der Waals surface area contributed by atoms with Crippen LogP contribution in [0.3, 0.4) is 0 Å². The second-order valence-electron chi connectivity index (χ2n) is 14.9. The summed E-state index contributed by atoms with van der Waals surface area (Å²) in [5.74, 6) is -2.12. The molecule has 20 nitrogen and oxygen atoms in total. The number of rotatable bonds is 19. The minimum atomic E-state index is -0.764. The van der Waals surface area contributed by atoms with Crippen LogP contribution < -0.4 is 27.4 Å². The standard InChI is InChI=1S/C43H56N12O8/c1-9-54-32(18-25(5)48-54)40(59)46-42-50(7)30-20-27(38(44)57)14-15-29(30)52(42)23-35(61-11-3)36(62-12-4)24-53-37-31(21-28(39(45)58)22-34(37)63-17-13-16-56)51(8)43(53)47-41(60)33-19-26(6)49-55(33)10-2/h14-15,18-22,35-36,56H,9-13,16-17,23-24H2,1-8H3,(H2,44,57)(H2,45,58)/b46-42+,47-43+/t35-,36-/m1/s1. The Bertz CT molecular complexity index is 2830. The van der Waals surface area contributed by atoms with Crippen LogP contribution in [0.4, 0.5) is 0 Å². The van der Waals surface area contributed by atoms with Crippen LogP contribution in [0, 0.1) is 13.8 Å². The highest BCUT2D eigenvalue weighted by Crippen LogP contribution is 2.29. The van der Waals surface area contributed by atoms with E-state index in [0.29, 0.717) is 58.7 Å². The summed E-state index contributed by atoms with van der Waals surface area (Å²) in [6, 6.07) is 11.5. The Morgan fingerprint density at radius 2 is 1.21 bits per heavy atom. The summed E-state index contributed by atoms with van der Waals surface area (Å²) < 4.78 is 29.5. The van der Waals surface area contributed by atoms with Gasteiger partial charge in [0.05, 0.1) is 47.6 Å². The number of aliphatic hydroxyl groups is 1. The van der Waals surface area contributed by atoms with E-state index in [9.17, 15) is 24.3 Å². The molecule has 0 saturated heterocycles. The number of nitrogens with zero attached hydrogens (tertiary/aromatic N) is 10. The summed E-state index contributed by atoms with van der Waals surface area (Å²) in [5, 5.41) is 18.5. The average Bonchev–Trinajstić information content (AvgIpc) is 3.98. The quantitative estimate of drug-likeness (QED) is 0.100. The number of amides is 4. The number of ether oxygens (including phenoxy) is 3. The van der Waals surface area contributed by atoms with Gasteiger partial charge in [-0.05, 0) is 84.0 Å². The van der Waals surface area contributed by atoms with Gasteiger partial charge in [-0.1, -0.05) is 0 Å². The molecule has 0 saturated carbocycles. The van der Waals surface area contributed by atoms with Crippen LogP contribution >= 0.6 is 0 Å². The topological polar surface area (TPSA) is 248 Å². The van der Waals surface area contributed by atoms with Crippen LogP contribution in [-0.2, 0) is 49.7 Å². The second-order valence-corrected chi connectivity index (χ2v) is 14.9. The molecule has 6 aromatic rings. The molecule has 0 aliphatic carbocycles. The van der Waals surface area contributed by atoms with Gasteiger partial charge in [-0.25, -0.2) is 0 Å². The summed E-state index contributed by atoms with van der Waals surface area (Å²) in [6.45, 7) is 12.6. The Morgan fingerprint density at radius 1 is 0.698 bits per heavy atom. The summed E-state index contributed by atoms with van der Waals surface area (Å²) in [5.41, 5.74) is 16.5. The summed E-state index contributed by atoms with van der Waals surface area (Å²) in [6.07, 6.45) is -1.20. The highest BCUT2D eigenvalue weighted by molar-refractivity contribution is 5.99. The van der Waals surface area contributed by atoms with E-state index in [0.717, 1.165) is 0 Å². The molecule has 0 radical (unpaired) electrons. The van der Waals surface area contributed by atoms with Crippen LogP contribution in [0.1, 0.15) is 87.2 Å². The SMILES string of the molecule is CCO[C@H](Cn1/c(=N/C(=O)c2cc(C)nn2CC)n(C)c2cc(C(N)=O)ccc21)[C@@H](Cn1/c(=N/C(=O)c2cc(C)nn2CC)n(C)c2cc(C(N)=O)cc(OCCCO)c21)OCC. The number of primary amides is 2. The molecule has 5 N–H and O–H groups in total. The number of aryl methyl sites for hydroxylation is 6. The van der Waals surface area contributed by atoms with E-state index in [2.05, 4.69) is 20.2 Å². The maximum atomic E-state index is 14.1. The van der Waals surface area contributed by atoms with Crippen molar-refractivity contribution in [1.29, 1.82) is 0 Å². The van der Waals surface area contributed by atoms with Gasteiger partial charge >= 0.3 is 0 Å². The number of nitrogens with two attached hydrogens (primary N) is 2. The molecule has 0 spiro atoms. The molecule has 0 aliphatic heterocycles. The fourth-order valence-corrected chi connectivity index (χ4v) is 7.76. The predicted molar refractivity (Wildman–Crippen MR) is 232 cm³/mol. The molecule has 20 heteroatoms. The molecular weight excluding hydrogens is 813 g/mol. The minimum absolute atomic E-state index is 0.0395. The first kappa shape index (κ1) is 45.9. The molecule has 63 heavy (non-hydrogen) atoms. The zero-order chi connectivity index (χ0) is 45.7. The molecule has 0 bridgehead atoms. The zero-order valence-corrected chi connectivity index (χ0v) is 37.0. The molecule has 4 heterocycles. The fourth-order valence-electron chi connectivity index (χ4n) is 7.76. The largest absolute Gasteiger partial charge is 0.491 e. The van der Waals surface area contributed by atoms with E-state index in [1.807, 2.05) is 32.3 Å². The highest BCUT2D eigenvalue weighted by atomic mass is 16.5. The van der Waals surface area contributed by atoms with E-state index in [4.69, 9.17) is 25.7 Å². The van der Waals surface area contributed by atoms with Gasteiger partial charge in [-0.15, -0.1) is 0 Å². The van der Waals surface area contributed by atoms with Crippen molar-refractivity contribution in [3.63, 3.8) is 0 Å². The van der Waals surface area contributed by atoms with Gasteiger partial charge in [0.15, 0.2) is 0 Å². The van der Waals surface area contributed by atoms with Crippen molar-refractivity contribution >= 4 is 45.7 Å². The molecule has 0 fully saturated rings. The van der Waals surface area contributed by atoms with Crippen LogP contribution in [0.15, 0.2) is 52.4 Å². The zero-order valence-electron chi connectivity index (χ0n) is 37.0. The number of fused-ring (bicyclic) bond motifs is 2. The minimum Gasteiger partial charge on any atom is -0.491 e. The van der Waals surface area contributed by atoms with Crippen LogP contribution in [0.2, 0.25) is 0 Å². The first-order valence-corrected chi connectivity index (χ1v) is 20.9. The lowest BCUT2D eigenvalue weighted by Gasteiger charge is -2.28. The van der Waals surface area contributed by atoms with Crippen LogP contribution in [0.25, 0.3) is 22.1 Å². The Hall–Kier alpha value is -6.64. The Kier molecular flexibility index (Phi) is 14.3. The van der Waals surface area contributed by atoms with Crippen molar-refractivity contribution in [2.75, 3.05) is 26.4 Å². The molecule has 4 aromatic heterocycles. The Morgan fingerprint density at radius 3 is 1.71 bits per heavy atom. The van der Waals surface area contributed by atoms with E-state index in [-0.39, 0.29) is 73.3 Å². The Balaban J connectivity index is 1.57. The number of benzene rings is 2. The van der Waals surface area contributed by atoms with Crippen molar-refractivity contribution in [2.45, 2.75) is 86.4 Å². The number of carbonyl (C=O) groups excluding carboxylic acids is 4. The van der Waals surface area contributed by atoms with Crippen LogP contribution in [0.5, 0.6) is 5.75 Å². The maximum Gasteiger partial charge on any atom is 0.298 e. The summed E-state index contributed by atoms with van der Waals surface area (Å²) in [7, 11) is 3.46. The molecule has 2 atom stereocenters. The molecule has 0 aliphatic rings. The molecule has 6 rings (SSSR count). The third-order valence-corrected chi connectivity index (χ3v) is 10.7. The van der Waals surface area contributed by atoms with Crippen LogP contribution in [-0.4, -0.2) is 105 Å². The molecule has 0 unspecified atom stereocenters. The van der Waals surface area contributed by atoms with Crippen molar-refractivity contribution in [3.05, 3.63) is 87.6 Å². The lowest BCUT2D eigenvalue weighted by atomic mass is 10.1. The van der Waals surface area contributed by atoms with E-state index >= 15 is 0 Å². The summed E-state index contributed by atoms with van der Waals surface area (Å²) >= 11 is 0. The van der Waals surface area contributed by atoms with Gasteiger partial charge in [0, 0.05) is 64.6 Å². The predicted octanol–water partition coefficient (Wildman–Crippen LogP) is 2.27. The van der Waals surface area contributed by atoms with Crippen molar-refractivity contribution in [3.8, 4) is 5.75 Å². The van der Waals surface area contributed by atoms with Crippen molar-refractivity contribution < 1.29 is 38.5 Å². The number of aliphatic hydroxyl groups excluding tert-OH is 1. The average molecular weight is 869 g/mol. The third-order valence-electron chi connectivity index (χ3n) is 10.7. The summed E-state index contributed by atoms with van der Waals surface area (Å²) in [4.78, 5) is 62.3. The lowest BCUT2D eigenvalue weighted by molar-refractivity contribution is -0.0801. The maximum absolute atomic E-state index is 14.1. The van der Waals surface area contributed by atoms with Crippen molar-refractivity contribution in [2.24, 2.45) is 35.5 Å². The lowest BCUT2D eigenvalue weighted by Crippen LogP contribution is -2.43. The monoisotopic (exact) mass is 868 g/mol. The normalized spacial score (nSPS) is 13.3. The van der Waals surface area contributed by atoms with Crippen molar-refractivity contribution in [1.82, 2.24) is 37.8 Å². The first-order valence-electron chi connectivity index (χ1n) is 20.9. The van der Waals surface area contributed by atoms with E-state index < -0.39 is 35.8 Å².